The van der Waals surface area contributed by atoms with Crippen LogP contribution in [0.25, 0.3) is 0 Å². The van der Waals surface area contributed by atoms with Gasteiger partial charge in [0, 0.05) is 15.9 Å². The zero-order valence-corrected chi connectivity index (χ0v) is 9.34. The van der Waals surface area contributed by atoms with Gasteiger partial charge in [-0.2, -0.15) is 0 Å². The van der Waals surface area contributed by atoms with Crippen molar-refractivity contribution in [2.24, 2.45) is 5.73 Å². The fraction of sp³-hybridized carbons (Fsp3) is 0.455. The summed E-state index contributed by atoms with van der Waals surface area (Å²) in [7, 11) is 0. The summed E-state index contributed by atoms with van der Waals surface area (Å²) in [6.07, 6.45) is 2.20. The quantitative estimate of drug-likeness (QED) is 0.844. The third-order valence-corrected chi connectivity index (χ3v) is 3.78. The maximum Gasteiger partial charge on any atom is 0.0228 e. The summed E-state index contributed by atoms with van der Waals surface area (Å²) in [5, 5.41) is 0. The molecule has 0 heterocycles. The SMILES string of the molecule is CC[C@]1(N)C[C@@H]1c1ccccc1Br. The zero-order chi connectivity index (χ0) is 9.47. The molecule has 2 rings (SSSR count). The van der Waals surface area contributed by atoms with Gasteiger partial charge in [-0.05, 0) is 24.5 Å². The molecule has 1 aliphatic carbocycles. The van der Waals surface area contributed by atoms with Crippen LogP contribution in [0.15, 0.2) is 28.7 Å². The van der Waals surface area contributed by atoms with E-state index in [1.165, 1.54) is 10.0 Å². The third kappa shape index (κ3) is 1.53. The first kappa shape index (κ1) is 9.22. The molecule has 0 spiro atoms. The highest BCUT2D eigenvalue weighted by atomic mass is 79.9. The van der Waals surface area contributed by atoms with Crippen molar-refractivity contribution in [2.45, 2.75) is 31.2 Å². The maximum atomic E-state index is 6.17. The molecule has 1 aromatic carbocycles. The second-order valence-corrected chi connectivity index (χ2v) is 4.72. The van der Waals surface area contributed by atoms with E-state index in [2.05, 4.69) is 41.1 Å². The third-order valence-electron chi connectivity index (χ3n) is 3.06. The average molecular weight is 240 g/mol. The maximum absolute atomic E-state index is 6.17. The number of nitrogens with two attached hydrogens (primary N) is 1. The summed E-state index contributed by atoms with van der Waals surface area (Å²) in [4.78, 5) is 0. The van der Waals surface area contributed by atoms with Crippen molar-refractivity contribution in [1.82, 2.24) is 0 Å². The van der Waals surface area contributed by atoms with E-state index in [9.17, 15) is 0 Å². The van der Waals surface area contributed by atoms with Gasteiger partial charge in [-0.3, -0.25) is 0 Å². The van der Waals surface area contributed by atoms with Crippen LogP contribution in [0.1, 0.15) is 31.2 Å². The molecule has 1 saturated carbocycles. The predicted octanol–water partition coefficient (Wildman–Crippen LogP) is 3.04. The van der Waals surface area contributed by atoms with Crippen LogP contribution in [-0.2, 0) is 0 Å². The van der Waals surface area contributed by atoms with E-state index in [0.717, 1.165) is 12.8 Å². The van der Waals surface area contributed by atoms with Crippen molar-refractivity contribution in [3.05, 3.63) is 34.3 Å². The molecule has 13 heavy (non-hydrogen) atoms. The van der Waals surface area contributed by atoms with Gasteiger partial charge >= 0.3 is 0 Å². The fourth-order valence-electron chi connectivity index (χ4n) is 1.89. The van der Waals surface area contributed by atoms with Crippen LogP contribution < -0.4 is 5.73 Å². The van der Waals surface area contributed by atoms with Crippen LogP contribution in [0.5, 0.6) is 0 Å². The molecule has 0 unspecified atom stereocenters. The molecule has 0 aliphatic heterocycles. The minimum Gasteiger partial charge on any atom is -0.325 e. The van der Waals surface area contributed by atoms with Crippen LogP contribution in [0.4, 0.5) is 0 Å². The Morgan fingerprint density at radius 3 is 2.77 bits per heavy atom. The highest BCUT2D eigenvalue weighted by Gasteiger charge is 2.50. The molecule has 70 valence electrons. The monoisotopic (exact) mass is 239 g/mol. The van der Waals surface area contributed by atoms with Crippen LogP contribution in [0.2, 0.25) is 0 Å². The van der Waals surface area contributed by atoms with Crippen LogP contribution in [0.3, 0.4) is 0 Å². The van der Waals surface area contributed by atoms with E-state index in [-0.39, 0.29) is 5.54 Å². The van der Waals surface area contributed by atoms with Gasteiger partial charge in [0.1, 0.15) is 0 Å². The van der Waals surface area contributed by atoms with Gasteiger partial charge < -0.3 is 5.73 Å². The number of halogens is 1. The molecular weight excluding hydrogens is 226 g/mol. The van der Waals surface area contributed by atoms with Gasteiger partial charge in [-0.25, -0.2) is 0 Å². The lowest BCUT2D eigenvalue weighted by atomic mass is 10.1. The Morgan fingerprint density at radius 1 is 1.54 bits per heavy atom. The summed E-state index contributed by atoms with van der Waals surface area (Å²) >= 11 is 3.56. The van der Waals surface area contributed by atoms with Gasteiger partial charge in [-0.1, -0.05) is 41.1 Å². The summed E-state index contributed by atoms with van der Waals surface area (Å²) in [5.74, 6) is 0.563. The van der Waals surface area contributed by atoms with E-state index in [0.29, 0.717) is 5.92 Å². The second kappa shape index (κ2) is 3.10. The average Bonchev–Trinajstić information content (AvgIpc) is 2.80. The van der Waals surface area contributed by atoms with Crippen LogP contribution >= 0.6 is 15.9 Å². The smallest absolute Gasteiger partial charge is 0.0228 e. The highest BCUT2D eigenvalue weighted by Crippen LogP contribution is 2.52. The Morgan fingerprint density at radius 2 is 2.23 bits per heavy atom. The summed E-state index contributed by atoms with van der Waals surface area (Å²) in [6, 6.07) is 8.37. The molecule has 1 aliphatic rings. The Balaban J connectivity index is 2.25. The van der Waals surface area contributed by atoms with Crippen molar-refractivity contribution in [3.63, 3.8) is 0 Å². The number of hydrogen-bond donors (Lipinski definition) is 1. The normalized spacial score (nSPS) is 31.8. The van der Waals surface area contributed by atoms with E-state index >= 15 is 0 Å². The summed E-state index contributed by atoms with van der Waals surface area (Å²) in [6.45, 7) is 2.16. The molecule has 2 N–H and O–H groups in total. The van der Waals surface area contributed by atoms with Crippen molar-refractivity contribution >= 4 is 15.9 Å². The standard InChI is InChI=1S/C11H14BrN/c1-2-11(13)7-9(11)8-5-3-4-6-10(8)12/h3-6,9H,2,7,13H2,1H3/t9-,11+/m1/s1. The van der Waals surface area contributed by atoms with Crippen LogP contribution in [0, 0.1) is 0 Å². The van der Waals surface area contributed by atoms with Crippen molar-refractivity contribution in [1.29, 1.82) is 0 Å². The molecule has 1 fully saturated rings. The van der Waals surface area contributed by atoms with Gasteiger partial charge in [0.05, 0.1) is 0 Å². The molecule has 0 aromatic heterocycles. The first-order valence-electron chi connectivity index (χ1n) is 4.70. The Bertz CT molecular complexity index is 324. The molecule has 1 nitrogen and oxygen atoms in total. The number of benzene rings is 1. The number of rotatable bonds is 2. The lowest BCUT2D eigenvalue weighted by Crippen LogP contribution is -2.22. The minimum atomic E-state index is 0.0733. The zero-order valence-electron chi connectivity index (χ0n) is 7.76. The molecule has 2 atom stereocenters. The summed E-state index contributed by atoms with van der Waals surface area (Å²) in [5.41, 5.74) is 7.61. The molecule has 1 aromatic rings. The molecule has 0 amide bonds. The summed E-state index contributed by atoms with van der Waals surface area (Å²) < 4.78 is 1.20. The Hall–Kier alpha value is -0.340. The van der Waals surface area contributed by atoms with Gasteiger partial charge in [0.15, 0.2) is 0 Å². The molecule has 2 heteroatoms. The predicted molar refractivity (Wildman–Crippen MR) is 58.7 cm³/mol. The van der Waals surface area contributed by atoms with E-state index in [1.807, 2.05) is 6.07 Å². The molecule has 0 bridgehead atoms. The second-order valence-electron chi connectivity index (χ2n) is 3.86. The van der Waals surface area contributed by atoms with Crippen molar-refractivity contribution in [3.8, 4) is 0 Å². The minimum absolute atomic E-state index is 0.0733. The fourth-order valence-corrected chi connectivity index (χ4v) is 2.45. The van der Waals surface area contributed by atoms with Crippen molar-refractivity contribution < 1.29 is 0 Å². The van der Waals surface area contributed by atoms with Gasteiger partial charge in [0.2, 0.25) is 0 Å². The number of hydrogen-bond acceptors (Lipinski definition) is 1. The Kier molecular flexibility index (Phi) is 2.20. The Labute approximate surface area is 87.5 Å². The first-order chi connectivity index (χ1) is 6.17. The largest absolute Gasteiger partial charge is 0.325 e. The highest BCUT2D eigenvalue weighted by molar-refractivity contribution is 9.10. The lowest BCUT2D eigenvalue weighted by molar-refractivity contribution is 0.625. The van der Waals surface area contributed by atoms with Crippen molar-refractivity contribution in [2.75, 3.05) is 0 Å². The van der Waals surface area contributed by atoms with E-state index < -0.39 is 0 Å². The molecular formula is C11H14BrN. The first-order valence-corrected chi connectivity index (χ1v) is 5.50. The van der Waals surface area contributed by atoms with Crippen LogP contribution in [-0.4, -0.2) is 5.54 Å². The van der Waals surface area contributed by atoms with Gasteiger partial charge in [-0.15, -0.1) is 0 Å². The molecule has 0 radical (unpaired) electrons. The van der Waals surface area contributed by atoms with Gasteiger partial charge in [0.25, 0.3) is 0 Å². The van der Waals surface area contributed by atoms with E-state index in [4.69, 9.17) is 5.73 Å². The lowest BCUT2D eigenvalue weighted by Gasteiger charge is -2.08. The topological polar surface area (TPSA) is 26.0 Å². The van der Waals surface area contributed by atoms with E-state index in [1.54, 1.807) is 0 Å². The molecule has 0 saturated heterocycles.